The van der Waals surface area contributed by atoms with E-state index in [4.69, 9.17) is 0 Å². The van der Waals surface area contributed by atoms with Gasteiger partial charge in [0.25, 0.3) is 0 Å². The predicted octanol–water partition coefficient (Wildman–Crippen LogP) is 0.746. The molecule has 0 bridgehead atoms. The Labute approximate surface area is 97.4 Å². The van der Waals surface area contributed by atoms with Crippen molar-refractivity contribution in [3.8, 4) is 0 Å². The topological polar surface area (TPSA) is 71.1 Å². The first-order valence-electron chi connectivity index (χ1n) is 5.29. The van der Waals surface area contributed by atoms with Crippen molar-refractivity contribution < 1.29 is 14.0 Å². The first-order valence-corrected chi connectivity index (χ1v) is 5.29. The van der Waals surface area contributed by atoms with Gasteiger partial charge in [0.15, 0.2) is 0 Å². The summed E-state index contributed by atoms with van der Waals surface area (Å²) in [6.07, 6.45) is 0.613. The van der Waals surface area contributed by atoms with Gasteiger partial charge in [0.1, 0.15) is 6.04 Å². The largest absolute Gasteiger partial charge is 0.370 e. The molecule has 1 aromatic heterocycles. The van der Waals surface area contributed by atoms with Crippen LogP contribution in [0.2, 0.25) is 0 Å². The molecular formula is C11H12FN3O2. The van der Waals surface area contributed by atoms with Crippen LogP contribution in [0.25, 0.3) is 0 Å². The Balaban J connectivity index is 2.10. The van der Waals surface area contributed by atoms with Gasteiger partial charge in [0.2, 0.25) is 17.8 Å². The van der Waals surface area contributed by atoms with Gasteiger partial charge in [-0.15, -0.1) is 0 Å². The van der Waals surface area contributed by atoms with Gasteiger partial charge in [-0.2, -0.15) is 4.39 Å². The van der Waals surface area contributed by atoms with Gasteiger partial charge in [-0.05, 0) is 25.5 Å². The first-order chi connectivity index (χ1) is 8.06. The molecule has 2 heterocycles. The summed E-state index contributed by atoms with van der Waals surface area (Å²) in [4.78, 5) is 26.0. The molecule has 17 heavy (non-hydrogen) atoms. The molecule has 0 radical (unpaired) electrons. The Hall–Kier alpha value is -1.98. The number of amides is 2. The molecule has 2 rings (SSSR count). The summed E-state index contributed by atoms with van der Waals surface area (Å²) < 4.78 is 13.4. The maximum Gasteiger partial charge on any atom is 0.249 e. The predicted molar refractivity (Wildman–Crippen MR) is 58.7 cm³/mol. The smallest absolute Gasteiger partial charge is 0.249 e. The van der Waals surface area contributed by atoms with Crippen LogP contribution in [0.3, 0.4) is 0 Å². The van der Waals surface area contributed by atoms with Crippen LogP contribution in [-0.4, -0.2) is 22.8 Å². The summed E-state index contributed by atoms with van der Waals surface area (Å²) in [5, 5.41) is 4.94. The normalized spacial score (nSPS) is 20.0. The molecule has 1 saturated heterocycles. The molecule has 2 amide bonds. The zero-order chi connectivity index (χ0) is 12.4. The summed E-state index contributed by atoms with van der Waals surface area (Å²) in [6, 6.07) is 2.59. The third-order valence-corrected chi connectivity index (χ3v) is 2.56. The molecule has 90 valence electrons. The zero-order valence-corrected chi connectivity index (χ0v) is 9.29. The number of carbonyl (C=O) groups is 2. The highest BCUT2D eigenvalue weighted by molar-refractivity contribution is 6.01. The number of aromatic nitrogens is 1. The number of hydrogen-bond acceptors (Lipinski definition) is 4. The summed E-state index contributed by atoms with van der Waals surface area (Å²) in [5.41, 5.74) is 0.737. The third-order valence-electron chi connectivity index (χ3n) is 2.56. The van der Waals surface area contributed by atoms with Gasteiger partial charge in [-0.25, -0.2) is 4.98 Å². The molecule has 2 N–H and O–H groups in total. The fourth-order valence-corrected chi connectivity index (χ4v) is 1.65. The van der Waals surface area contributed by atoms with Crippen molar-refractivity contribution in [2.45, 2.75) is 25.8 Å². The third kappa shape index (κ3) is 2.58. The van der Waals surface area contributed by atoms with Crippen molar-refractivity contribution >= 4 is 17.5 Å². The van der Waals surface area contributed by atoms with E-state index in [1.807, 2.05) is 0 Å². The van der Waals surface area contributed by atoms with Crippen LogP contribution in [-0.2, 0) is 9.59 Å². The van der Waals surface area contributed by atoms with Crippen LogP contribution in [0.5, 0.6) is 0 Å². The van der Waals surface area contributed by atoms with Crippen LogP contribution in [0.1, 0.15) is 18.5 Å². The SMILES string of the molecule is Cc1ccc(NC2CCC(=O)NC2=O)c(F)n1. The second kappa shape index (κ2) is 4.48. The van der Waals surface area contributed by atoms with E-state index >= 15 is 0 Å². The van der Waals surface area contributed by atoms with Gasteiger partial charge < -0.3 is 5.32 Å². The van der Waals surface area contributed by atoms with Crippen LogP contribution in [0.15, 0.2) is 12.1 Å². The van der Waals surface area contributed by atoms with E-state index in [1.165, 1.54) is 6.07 Å². The molecule has 0 aliphatic carbocycles. The molecular weight excluding hydrogens is 225 g/mol. The van der Waals surface area contributed by atoms with E-state index in [0.29, 0.717) is 12.1 Å². The van der Waals surface area contributed by atoms with Crippen molar-refractivity contribution in [3.63, 3.8) is 0 Å². The van der Waals surface area contributed by atoms with Crippen LogP contribution in [0.4, 0.5) is 10.1 Å². The molecule has 1 atom stereocenters. The molecule has 1 aromatic rings. The number of nitrogens with zero attached hydrogens (tertiary/aromatic N) is 1. The number of hydrogen-bond donors (Lipinski definition) is 2. The Bertz CT molecular complexity index is 476. The van der Waals surface area contributed by atoms with Crippen molar-refractivity contribution in [3.05, 3.63) is 23.8 Å². The van der Waals surface area contributed by atoms with Crippen molar-refractivity contribution in [1.82, 2.24) is 10.3 Å². The lowest BCUT2D eigenvalue weighted by Gasteiger charge is -2.22. The van der Waals surface area contributed by atoms with E-state index in [1.54, 1.807) is 13.0 Å². The van der Waals surface area contributed by atoms with Crippen LogP contribution in [0, 0.1) is 12.9 Å². The fraction of sp³-hybridized carbons (Fsp3) is 0.364. The number of rotatable bonds is 2. The summed E-state index contributed by atoms with van der Waals surface area (Å²) in [6.45, 7) is 1.68. The van der Waals surface area contributed by atoms with E-state index in [-0.39, 0.29) is 18.0 Å². The fourth-order valence-electron chi connectivity index (χ4n) is 1.65. The standard InChI is InChI=1S/C11H12FN3O2/c1-6-2-3-7(10(12)13-6)14-8-4-5-9(16)15-11(8)17/h2-3,8,14H,4-5H2,1H3,(H,15,16,17). The molecule has 0 aromatic carbocycles. The lowest BCUT2D eigenvalue weighted by Crippen LogP contribution is -2.47. The van der Waals surface area contributed by atoms with E-state index in [0.717, 1.165) is 0 Å². The van der Waals surface area contributed by atoms with E-state index < -0.39 is 17.9 Å². The molecule has 1 unspecified atom stereocenters. The number of pyridine rings is 1. The number of anilines is 1. The summed E-state index contributed by atoms with van der Waals surface area (Å²) in [7, 11) is 0. The molecule has 6 heteroatoms. The number of aryl methyl sites for hydroxylation is 1. The minimum atomic E-state index is -0.644. The average molecular weight is 237 g/mol. The minimum absolute atomic E-state index is 0.171. The maximum absolute atomic E-state index is 13.4. The summed E-state index contributed by atoms with van der Waals surface area (Å²) >= 11 is 0. The van der Waals surface area contributed by atoms with Gasteiger partial charge in [0.05, 0.1) is 5.69 Å². The van der Waals surface area contributed by atoms with Gasteiger partial charge in [0, 0.05) is 12.1 Å². The molecule has 1 fully saturated rings. The summed E-state index contributed by atoms with van der Waals surface area (Å²) in [5.74, 6) is -1.37. The molecule has 0 saturated carbocycles. The second-order valence-corrected chi connectivity index (χ2v) is 3.94. The average Bonchev–Trinajstić information content (AvgIpc) is 2.25. The highest BCUT2D eigenvalue weighted by atomic mass is 19.1. The number of nitrogens with one attached hydrogen (secondary N) is 2. The lowest BCUT2D eigenvalue weighted by molar-refractivity contribution is -0.133. The zero-order valence-electron chi connectivity index (χ0n) is 9.29. The van der Waals surface area contributed by atoms with E-state index in [2.05, 4.69) is 15.6 Å². The van der Waals surface area contributed by atoms with Gasteiger partial charge in [-0.1, -0.05) is 0 Å². The molecule has 1 aliphatic rings. The Kier molecular flexibility index (Phi) is 3.03. The Morgan fingerprint density at radius 2 is 2.24 bits per heavy atom. The quantitative estimate of drug-likeness (QED) is 0.588. The number of halogens is 1. The first kappa shape index (κ1) is 11.5. The minimum Gasteiger partial charge on any atom is -0.370 e. The molecule has 5 nitrogen and oxygen atoms in total. The van der Waals surface area contributed by atoms with Crippen molar-refractivity contribution in [2.75, 3.05) is 5.32 Å². The number of imide groups is 1. The number of carbonyl (C=O) groups excluding carboxylic acids is 2. The van der Waals surface area contributed by atoms with Crippen molar-refractivity contribution in [2.24, 2.45) is 0 Å². The highest BCUT2D eigenvalue weighted by Crippen LogP contribution is 2.16. The van der Waals surface area contributed by atoms with Gasteiger partial charge in [-0.3, -0.25) is 14.9 Å². The van der Waals surface area contributed by atoms with Crippen LogP contribution < -0.4 is 10.6 Å². The Morgan fingerprint density at radius 1 is 1.47 bits per heavy atom. The van der Waals surface area contributed by atoms with Crippen LogP contribution >= 0.6 is 0 Å². The van der Waals surface area contributed by atoms with E-state index in [9.17, 15) is 14.0 Å². The maximum atomic E-state index is 13.4. The highest BCUT2D eigenvalue weighted by Gasteiger charge is 2.27. The molecule has 0 spiro atoms. The Morgan fingerprint density at radius 3 is 2.88 bits per heavy atom. The lowest BCUT2D eigenvalue weighted by atomic mass is 10.1. The number of piperidine rings is 1. The van der Waals surface area contributed by atoms with Crippen molar-refractivity contribution in [1.29, 1.82) is 0 Å². The molecule has 1 aliphatic heterocycles. The monoisotopic (exact) mass is 237 g/mol. The second-order valence-electron chi connectivity index (χ2n) is 3.94. The van der Waals surface area contributed by atoms with Gasteiger partial charge >= 0.3 is 0 Å².